The monoisotopic (exact) mass is 252 g/mol. The van der Waals surface area contributed by atoms with E-state index in [0.29, 0.717) is 18.5 Å². The van der Waals surface area contributed by atoms with Gasteiger partial charge in [0.25, 0.3) is 0 Å². The Balaban J connectivity index is 2.11. The molecule has 1 aliphatic carbocycles. The summed E-state index contributed by atoms with van der Waals surface area (Å²) in [4.78, 5) is 13.5. The Bertz CT molecular complexity index is 458. The number of hydrogen-bond acceptors (Lipinski definition) is 3. The van der Waals surface area contributed by atoms with Gasteiger partial charge in [0.05, 0.1) is 7.11 Å². The van der Waals surface area contributed by atoms with E-state index in [1.165, 1.54) is 24.1 Å². The standard InChI is InChI=1S/C13H17FN2O2/c1-16(13(17)8-5-9(15)6-8)10-3-4-12(18-2)11(14)7-10/h3-4,7-9H,5-6,15H2,1-2H3. The zero-order valence-electron chi connectivity index (χ0n) is 10.5. The Labute approximate surface area is 106 Å². The molecule has 18 heavy (non-hydrogen) atoms. The van der Waals surface area contributed by atoms with Gasteiger partial charge in [0.2, 0.25) is 5.91 Å². The Kier molecular flexibility index (Phi) is 3.52. The van der Waals surface area contributed by atoms with E-state index in [1.54, 1.807) is 13.1 Å². The summed E-state index contributed by atoms with van der Waals surface area (Å²) < 4.78 is 18.4. The van der Waals surface area contributed by atoms with Crippen LogP contribution in [-0.4, -0.2) is 26.1 Å². The number of amides is 1. The minimum absolute atomic E-state index is 0.0127. The number of halogens is 1. The SMILES string of the molecule is COc1ccc(N(C)C(=O)C2CC(N)C2)cc1F. The average molecular weight is 252 g/mol. The molecule has 4 nitrogen and oxygen atoms in total. The predicted octanol–water partition coefficient (Wildman–Crippen LogP) is 1.53. The molecule has 0 unspecified atom stereocenters. The molecule has 0 heterocycles. The maximum absolute atomic E-state index is 13.6. The van der Waals surface area contributed by atoms with Gasteiger partial charge < -0.3 is 15.4 Å². The maximum atomic E-state index is 13.6. The van der Waals surface area contributed by atoms with Crippen molar-refractivity contribution in [3.05, 3.63) is 24.0 Å². The highest BCUT2D eigenvalue weighted by molar-refractivity contribution is 5.95. The van der Waals surface area contributed by atoms with Crippen LogP contribution in [-0.2, 0) is 4.79 Å². The first-order valence-corrected chi connectivity index (χ1v) is 5.89. The zero-order valence-corrected chi connectivity index (χ0v) is 10.5. The highest BCUT2D eigenvalue weighted by Crippen LogP contribution is 2.30. The molecule has 0 bridgehead atoms. The third-order valence-electron chi connectivity index (χ3n) is 3.38. The first kappa shape index (κ1) is 12.8. The fourth-order valence-electron chi connectivity index (χ4n) is 2.13. The molecular weight excluding hydrogens is 235 g/mol. The van der Waals surface area contributed by atoms with Crippen LogP contribution < -0.4 is 15.4 Å². The van der Waals surface area contributed by atoms with Gasteiger partial charge in [-0.2, -0.15) is 0 Å². The Hall–Kier alpha value is -1.62. The van der Waals surface area contributed by atoms with Crippen molar-refractivity contribution in [1.82, 2.24) is 0 Å². The van der Waals surface area contributed by atoms with Gasteiger partial charge in [-0.3, -0.25) is 4.79 Å². The Morgan fingerprint density at radius 2 is 2.17 bits per heavy atom. The van der Waals surface area contributed by atoms with Gasteiger partial charge in [0, 0.05) is 30.8 Å². The van der Waals surface area contributed by atoms with Crippen LogP contribution in [0.2, 0.25) is 0 Å². The lowest BCUT2D eigenvalue weighted by atomic mass is 9.80. The van der Waals surface area contributed by atoms with E-state index in [1.807, 2.05) is 0 Å². The van der Waals surface area contributed by atoms with Crippen LogP contribution in [0.15, 0.2) is 18.2 Å². The molecule has 1 saturated carbocycles. The lowest BCUT2D eigenvalue weighted by Gasteiger charge is -2.34. The molecule has 98 valence electrons. The third kappa shape index (κ3) is 2.31. The molecule has 0 aliphatic heterocycles. The van der Waals surface area contributed by atoms with Crippen molar-refractivity contribution in [1.29, 1.82) is 0 Å². The van der Waals surface area contributed by atoms with Crippen molar-refractivity contribution in [2.75, 3.05) is 19.1 Å². The van der Waals surface area contributed by atoms with E-state index in [0.717, 1.165) is 0 Å². The molecule has 1 aromatic carbocycles. The second kappa shape index (κ2) is 4.94. The fraction of sp³-hybridized carbons (Fsp3) is 0.462. The van der Waals surface area contributed by atoms with E-state index in [9.17, 15) is 9.18 Å². The van der Waals surface area contributed by atoms with Crippen molar-refractivity contribution in [2.24, 2.45) is 11.7 Å². The highest BCUT2D eigenvalue weighted by atomic mass is 19.1. The van der Waals surface area contributed by atoms with Crippen molar-refractivity contribution in [2.45, 2.75) is 18.9 Å². The van der Waals surface area contributed by atoms with Gasteiger partial charge in [0.1, 0.15) is 0 Å². The predicted molar refractivity (Wildman–Crippen MR) is 67.1 cm³/mol. The van der Waals surface area contributed by atoms with Crippen LogP contribution in [0.1, 0.15) is 12.8 Å². The lowest BCUT2D eigenvalue weighted by molar-refractivity contribution is -0.124. The van der Waals surface area contributed by atoms with Gasteiger partial charge in [0.15, 0.2) is 11.6 Å². The lowest BCUT2D eigenvalue weighted by Crippen LogP contribution is -2.45. The van der Waals surface area contributed by atoms with E-state index >= 15 is 0 Å². The second-order valence-electron chi connectivity index (χ2n) is 4.64. The van der Waals surface area contributed by atoms with Crippen LogP contribution >= 0.6 is 0 Å². The number of carbonyl (C=O) groups is 1. The highest BCUT2D eigenvalue weighted by Gasteiger charge is 2.34. The van der Waals surface area contributed by atoms with Gasteiger partial charge in [-0.15, -0.1) is 0 Å². The van der Waals surface area contributed by atoms with E-state index in [4.69, 9.17) is 10.5 Å². The van der Waals surface area contributed by atoms with Crippen molar-refractivity contribution in [3.63, 3.8) is 0 Å². The van der Waals surface area contributed by atoms with Gasteiger partial charge in [-0.25, -0.2) is 4.39 Å². The van der Waals surface area contributed by atoms with E-state index in [-0.39, 0.29) is 23.6 Å². The van der Waals surface area contributed by atoms with Crippen LogP contribution in [0.25, 0.3) is 0 Å². The second-order valence-corrected chi connectivity index (χ2v) is 4.64. The van der Waals surface area contributed by atoms with E-state index < -0.39 is 5.82 Å². The number of methoxy groups -OCH3 is 1. The average Bonchev–Trinajstić information content (AvgIpc) is 2.33. The Morgan fingerprint density at radius 1 is 1.50 bits per heavy atom. The third-order valence-corrected chi connectivity index (χ3v) is 3.38. The van der Waals surface area contributed by atoms with Crippen molar-refractivity contribution in [3.8, 4) is 5.75 Å². The Morgan fingerprint density at radius 3 is 2.67 bits per heavy atom. The van der Waals surface area contributed by atoms with Crippen molar-refractivity contribution >= 4 is 11.6 Å². The van der Waals surface area contributed by atoms with Crippen molar-refractivity contribution < 1.29 is 13.9 Å². The smallest absolute Gasteiger partial charge is 0.229 e. The summed E-state index contributed by atoms with van der Waals surface area (Å²) in [6.45, 7) is 0. The molecule has 1 aromatic rings. The minimum Gasteiger partial charge on any atom is -0.494 e. The molecule has 2 rings (SSSR count). The first-order valence-electron chi connectivity index (χ1n) is 5.89. The number of nitrogens with two attached hydrogens (primary N) is 1. The number of carbonyl (C=O) groups excluding carboxylic acids is 1. The molecular formula is C13H17FN2O2. The summed E-state index contributed by atoms with van der Waals surface area (Å²) in [5, 5.41) is 0. The number of hydrogen-bond donors (Lipinski definition) is 1. The molecule has 0 aromatic heterocycles. The molecule has 1 amide bonds. The fourth-order valence-corrected chi connectivity index (χ4v) is 2.13. The molecule has 1 fully saturated rings. The molecule has 5 heteroatoms. The molecule has 0 saturated heterocycles. The quantitative estimate of drug-likeness (QED) is 0.887. The summed E-state index contributed by atoms with van der Waals surface area (Å²) in [7, 11) is 3.05. The number of anilines is 1. The largest absolute Gasteiger partial charge is 0.494 e. The molecule has 0 radical (unpaired) electrons. The number of ether oxygens (including phenoxy) is 1. The van der Waals surface area contributed by atoms with Crippen LogP contribution in [0.4, 0.5) is 10.1 Å². The van der Waals surface area contributed by atoms with Gasteiger partial charge in [-0.1, -0.05) is 0 Å². The van der Waals surface area contributed by atoms with Crippen LogP contribution in [0.3, 0.4) is 0 Å². The topological polar surface area (TPSA) is 55.6 Å². The summed E-state index contributed by atoms with van der Waals surface area (Å²) in [6, 6.07) is 4.61. The zero-order chi connectivity index (χ0) is 13.3. The molecule has 0 atom stereocenters. The molecule has 0 spiro atoms. The summed E-state index contributed by atoms with van der Waals surface area (Å²) in [5.41, 5.74) is 6.19. The summed E-state index contributed by atoms with van der Waals surface area (Å²) >= 11 is 0. The number of rotatable bonds is 3. The van der Waals surface area contributed by atoms with E-state index in [2.05, 4.69) is 0 Å². The summed E-state index contributed by atoms with van der Waals surface area (Å²) in [6.07, 6.45) is 1.42. The number of nitrogens with zero attached hydrogens (tertiary/aromatic N) is 1. The van der Waals surface area contributed by atoms with Gasteiger partial charge in [-0.05, 0) is 25.0 Å². The molecule has 2 N–H and O–H groups in total. The maximum Gasteiger partial charge on any atom is 0.229 e. The first-order chi connectivity index (χ1) is 8.52. The van der Waals surface area contributed by atoms with Crippen LogP contribution in [0, 0.1) is 11.7 Å². The summed E-state index contributed by atoms with van der Waals surface area (Å²) in [5.74, 6) is -0.346. The number of benzene rings is 1. The minimum atomic E-state index is -0.472. The normalized spacial score (nSPS) is 22.2. The molecule has 1 aliphatic rings. The van der Waals surface area contributed by atoms with Gasteiger partial charge >= 0.3 is 0 Å². The van der Waals surface area contributed by atoms with Crippen LogP contribution in [0.5, 0.6) is 5.75 Å².